The Morgan fingerprint density at radius 1 is 1.40 bits per heavy atom. The average molecular weight is 216 g/mol. The maximum Gasteiger partial charge on any atom is 0.234 e. The lowest BCUT2D eigenvalue weighted by Gasteiger charge is -2.22. The predicted molar refractivity (Wildman–Crippen MR) is 61.6 cm³/mol. The molecule has 1 amide bonds. The zero-order valence-corrected chi connectivity index (χ0v) is 10.3. The quantitative estimate of drug-likeness (QED) is 0.650. The van der Waals surface area contributed by atoms with Gasteiger partial charge in [-0.15, -0.1) is 0 Å². The second kappa shape index (κ2) is 7.65. The van der Waals surface area contributed by atoms with Crippen molar-refractivity contribution in [2.24, 2.45) is 5.92 Å². The van der Waals surface area contributed by atoms with Gasteiger partial charge in [-0.3, -0.25) is 9.69 Å². The molecule has 0 fully saturated rings. The van der Waals surface area contributed by atoms with Crippen molar-refractivity contribution in [1.29, 1.82) is 0 Å². The van der Waals surface area contributed by atoms with Crippen LogP contribution in [-0.4, -0.2) is 48.7 Å². The highest BCUT2D eigenvalue weighted by molar-refractivity contribution is 5.77. The molecule has 0 saturated carbocycles. The highest BCUT2D eigenvalue weighted by Crippen LogP contribution is 1.97. The van der Waals surface area contributed by atoms with Gasteiger partial charge in [0.15, 0.2) is 0 Å². The molecule has 0 aromatic heterocycles. The predicted octanol–water partition coefficient (Wildman–Crippen LogP) is 0.461. The van der Waals surface area contributed by atoms with Gasteiger partial charge in [-0.2, -0.15) is 0 Å². The molecule has 0 aliphatic heterocycles. The van der Waals surface area contributed by atoms with Gasteiger partial charge in [-0.05, 0) is 26.3 Å². The molecular formula is C11H24N2O2. The Labute approximate surface area is 92.7 Å². The van der Waals surface area contributed by atoms with Crippen LogP contribution in [0.5, 0.6) is 0 Å². The molecule has 1 unspecified atom stereocenters. The summed E-state index contributed by atoms with van der Waals surface area (Å²) in [6.07, 6.45) is 1.00. The van der Waals surface area contributed by atoms with E-state index in [1.165, 1.54) is 0 Å². The number of amides is 1. The van der Waals surface area contributed by atoms with Crippen molar-refractivity contribution < 1.29 is 9.90 Å². The van der Waals surface area contributed by atoms with Gasteiger partial charge in [0.2, 0.25) is 5.91 Å². The topological polar surface area (TPSA) is 52.6 Å². The largest absolute Gasteiger partial charge is 0.395 e. The van der Waals surface area contributed by atoms with E-state index in [0.29, 0.717) is 12.5 Å². The zero-order valence-electron chi connectivity index (χ0n) is 10.3. The van der Waals surface area contributed by atoms with E-state index < -0.39 is 0 Å². The first kappa shape index (κ1) is 14.4. The molecule has 2 N–H and O–H groups in total. The van der Waals surface area contributed by atoms with E-state index in [9.17, 15) is 4.79 Å². The van der Waals surface area contributed by atoms with Gasteiger partial charge in [0, 0.05) is 12.6 Å². The van der Waals surface area contributed by atoms with E-state index in [1.807, 2.05) is 18.9 Å². The van der Waals surface area contributed by atoms with Crippen LogP contribution in [0.4, 0.5) is 0 Å². The van der Waals surface area contributed by atoms with Crippen LogP contribution in [0, 0.1) is 5.92 Å². The molecular weight excluding hydrogens is 192 g/mol. The number of carbonyl (C=O) groups excluding carboxylic acids is 1. The lowest BCUT2D eigenvalue weighted by molar-refractivity contribution is -0.122. The average Bonchev–Trinajstić information content (AvgIpc) is 2.15. The summed E-state index contributed by atoms with van der Waals surface area (Å²) in [5.41, 5.74) is 0. The molecule has 0 spiro atoms. The molecule has 0 rings (SSSR count). The summed E-state index contributed by atoms with van der Waals surface area (Å²) >= 11 is 0. The van der Waals surface area contributed by atoms with E-state index in [0.717, 1.165) is 13.0 Å². The van der Waals surface area contributed by atoms with Crippen molar-refractivity contribution in [3.05, 3.63) is 0 Å². The summed E-state index contributed by atoms with van der Waals surface area (Å²) in [4.78, 5) is 13.3. The number of carbonyl (C=O) groups is 1. The van der Waals surface area contributed by atoms with E-state index in [2.05, 4.69) is 19.2 Å². The van der Waals surface area contributed by atoms with Gasteiger partial charge in [0.1, 0.15) is 0 Å². The number of aliphatic hydroxyl groups excluding tert-OH is 1. The summed E-state index contributed by atoms with van der Waals surface area (Å²) < 4.78 is 0. The molecule has 90 valence electrons. The molecule has 0 aliphatic rings. The van der Waals surface area contributed by atoms with Crippen LogP contribution in [0.3, 0.4) is 0 Å². The SMILES string of the molecule is CC(C)CCNC(=O)CN(C)C(C)CO. The van der Waals surface area contributed by atoms with Crippen molar-refractivity contribution in [2.75, 3.05) is 26.7 Å². The van der Waals surface area contributed by atoms with Crippen LogP contribution in [0.25, 0.3) is 0 Å². The van der Waals surface area contributed by atoms with Crippen LogP contribution in [0.15, 0.2) is 0 Å². The van der Waals surface area contributed by atoms with Gasteiger partial charge in [0.25, 0.3) is 0 Å². The Morgan fingerprint density at radius 3 is 2.47 bits per heavy atom. The first-order valence-corrected chi connectivity index (χ1v) is 5.55. The normalized spacial score (nSPS) is 13.3. The zero-order chi connectivity index (χ0) is 11.8. The third-order valence-electron chi connectivity index (χ3n) is 2.45. The fourth-order valence-corrected chi connectivity index (χ4v) is 1.08. The molecule has 0 bridgehead atoms. The highest BCUT2D eigenvalue weighted by atomic mass is 16.3. The van der Waals surface area contributed by atoms with Crippen molar-refractivity contribution in [3.8, 4) is 0 Å². The summed E-state index contributed by atoms with van der Waals surface area (Å²) in [6.45, 7) is 7.31. The monoisotopic (exact) mass is 216 g/mol. The lowest BCUT2D eigenvalue weighted by atomic mass is 10.1. The third-order valence-corrected chi connectivity index (χ3v) is 2.45. The molecule has 0 aromatic carbocycles. The number of nitrogens with zero attached hydrogens (tertiary/aromatic N) is 1. The van der Waals surface area contributed by atoms with E-state index in [4.69, 9.17) is 5.11 Å². The fourth-order valence-electron chi connectivity index (χ4n) is 1.08. The Kier molecular flexibility index (Phi) is 7.34. The van der Waals surface area contributed by atoms with Crippen molar-refractivity contribution >= 4 is 5.91 Å². The Morgan fingerprint density at radius 2 is 2.00 bits per heavy atom. The summed E-state index contributed by atoms with van der Waals surface area (Å²) in [7, 11) is 1.84. The summed E-state index contributed by atoms with van der Waals surface area (Å²) in [5.74, 6) is 0.637. The molecule has 15 heavy (non-hydrogen) atoms. The highest BCUT2D eigenvalue weighted by Gasteiger charge is 2.11. The van der Waals surface area contributed by atoms with Crippen LogP contribution in [0.1, 0.15) is 27.2 Å². The van der Waals surface area contributed by atoms with Crippen LogP contribution in [0.2, 0.25) is 0 Å². The van der Waals surface area contributed by atoms with Gasteiger partial charge in [0.05, 0.1) is 13.2 Å². The van der Waals surface area contributed by atoms with Crippen LogP contribution in [-0.2, 0) is 4.79 Å². The Balaban J connectivity index is 3.64. The molecule has 1 atom stereocenters. The van der Waals surface area contributed by atoms with E-state index in [1.54, 1.807) is 0 Å². The van der Waals surface area contributed by atoms with Crippen molar-refractivity contribution in [3.63, 3.8) is 0 Å². The molecule has 0 heterocycles. The number of rotatable bonds is 7. The van der Waals surface area contributed by atoms with E-state index in [-0.39, 0.29) is 18.6 Å². The molecule has 0 saturated heterocycles. The minimum Gasteiger partial charge on any atom is -0.395 e. The number of nitrogens with one attached hydrogen (secondary N) is 1. The smallest absolute Gasteiger partial charge is 0.234 e. The number of hydrogen-bond acceptors (Lipinski definition) is 3. The number of aliphatic hydroxyl groups is 1. The molecule has 0 radical (unpaired) electrons. The maximum atomic E-state index is 11.4. The second-order valence-corrected chi connectivity index (χ2v) is 4.48. The Hall–Kier alpha value is -0.610. The van der Waals surface area contributed by atoms with Gasteiger partial charge in [-0.25, -0.2) is 0 Å². The van der Waals surface area contributed by atoms with Gasteiger partial charge in [-0.1, -0.05) is 13.8 Å². The summed E-state index contributed by atoms with van der Waals surface area (Å²) in [5, 5.41) is 11.8. The number of likely N-dealkylation sites (N-methyl/N-ethyl adjacent to an activating group) is 1. The second-order valence-electron chi connectivity index (χ2n) is 4.48. The third kappa shape index (κ3) is 7.33. The van der Waals surface area contributed by atoms with Crippen LogP contribution < -0.4 is 5.32 Å². The lowest BCUT2D eigenvalue weighted by Crippen LogP contribution is -2.41. The first-order chi connectivity index (χ1) is 6.97. The van der Waals surface area contributed by atoms with Crippen LogP contribution >= 0.6 is 0 Å². The van der Waals surface area contributed by atoms with Gasteiger partial charge < -0.3 is 10.4 Å². The van der Waals surface area contributed by atoms with E-state index >= 15 is 0 Å². The van der Waals surface area contributed by atoms with Crippen molar-refractivity contribution in [2.45, 2.75) is 33.2 Å². The maximum absolute atomic E-state index is 11.4. The minimum absolute atomic E-state index is 0.0263. The molecule has 4 heteroatoms. The Bertz CT molecular complexity index is 183. The molecule has 0 aliphatic carbocycles. The standard InChI is InChI=1S/C11H24N2O2/c1-9(2)5-6-12-11(15)7-13(4)10(3)8-14/h9-10,14H,5-8H2,1-4H3,(H,12,15). The fraction of sp³-hybridized carbons (Fsp3) is 0.909. The molecule has 4 nitrogen and oxygen atoms in total. The first-order valence-electron chi connectivity index (χ1n) is 5.55. The minimum atomic E-state index is 0.0263. The summed E-state index contributed by atoms with van der Waals surface area (Å²) in [6, 6.07) is 0.0286. The number of hydrogen-bond donors (Lipinski definition) is 2. The van der Waals surface area contributed by atoms with Gasteiger partial charge >= 0.3 is 0 Å². The van der Waals surface area contributed by atoms with Crippen molar-refractivity contribution in [1.82, 2.24) is 10.2 Å². The molecule has 0 aromatic rings.